The molecule has 26 heavy (non-hydrogen) atoms. The average molecular weight is 357 g/mol. The molecule has 4 unspecified atom stereocenters. The largest absolute Gasteiger partial charge is 0.426 e. The number of hydrogen-bond acceptors (Lipinski definition) is 3. The van der Waals surface area contributed by atoms with Crippen LogP contribution in [0.25, 0.3) is 0 Å². The van der Waals surface area contributed by atoms with Gasteiger partial charge in [0, 0.05) is 0 Å². The summed E-state index contributed by atoms with van der Waals surface area (Å²) in [5, 5.41) is 0. The lowest BCUT2D eigenvalue weighted by atomic mass is 9.54. The molecule has 2 saturated carbocycles. The van der Waals surface area contributed by atoms with E-state index < -0.39 is 5.41 Å². The van der Waals surface area contributed by atoms with Crippen molar-refractivity contribution in [1.29, 1.82) is 0 Å². The van der Waals surface area contributed by atoms with Gasteiger partial charge in [-0.25, -0.2) is 0 Å². The van der Waals surface area contributed by atoms with Gasteiger partial charge < -0.3 is 10.5 Å². The molecule has 0 spiro atoms. The fourth-order valence-electron chi connectivity index (χ4n) is 5.48. The van der Waals surface area contributed by atoms with Crippen molar-refractivity contribution >= 4 is 11.9 Å². The van der Waals surface area contributed by atoms with E-state index in [0.29, 0.717) is 11.7 Å². The van der Waals surface area contributed by atoms with Gasteiger partial charge in [0.05, 0.1) is 11.3 Å². The van der Waals surface area contributed by atoms with Gasteiger partial charge in [0.25, 0.3) is 0 Å². The highest BCUT2D eigenvalue weighted by atomic mass is 16.5. The van der Waals surface area contributed by atoms with Crippen molar-refractivity contribution in [1.82, 2.24) is 0 Å². The maximum absolute atomic E-state index is 13.1. The standard InChI is InChI=1S/C22H31NO3/c1-15-13-16(2)19(20(24)26-17-9-5-3-6-10-17)18(14-15)22(21(23)25)11-7-4-8-12-22/h3,5-6,9-10,15-16,18-19H,4,7-8,11-14H2,1-2H3,(H2,23,25). The first-order valence-electron chi connectivity index (χ1n) is 10.0. The van der Waals surface area contributed by atoms with Crippen molar-refractivity contribution in [3.8, 4) is 5.75 Å². The van der Waals surface area contributed by atoms with Gasteiger partial charge in [-0.1, -0.05) is 51.3 Å². The average Bonchev–Trinajstić information content (AvgIpc) is 2.62. The Morgan fingerprint density at radius 3 is 2.31 bits per heavy atom. The molecule has 1 amide bonds. The summed E-state index contributed by atoms with van der Waals surface area (Å²) in [6, 6.07) is 9.22. The van der Waals surface area contributed by atoms with E-state index in [9.17, 15) is 9.59 Å². The Balaban J connectivity index is 1.91. The quantitative estimate of drug-likeness (QED) is 0.644. The normalized spacial score (nSPS) is 31.2. The summed E-state index contributed by atoms with van der Waals surface area (Å²) in [7, 11) is 0. The second kappa shape index (κ2) is 7.81. The summed E-state index contributed by atoms with van der Waals surface area (Å²) in [6.07, 6.45) is 6.65. The maximum atomic E-state index is 13.1. The molecule has 0 bridgehead atoms. The Kier molecular flexibility index (Phi) is 5.69. The maximum Gasteiger partial charge on any atom is 0.314 e. The van der Waals surface area contributed by atoms with Gasteiger partial charge in [-0.3, -0.25) is 9.59 Å². The Labute approximate surface area is 156 Å². The van der Waals surface area contributed by atoms with Crippen molar-refractivity contribution in [2.45, 2.75) is 58.8 Å². The third-order valence-electron chi connectivity index (χ3n) is 6.66. The number of rotatable bonds is 4. The number of nitrogens with two attached hydrogens (primary N) is 1. The minimum absolute atomic E-state index is 0.0183. The molecular formula is C22H31NO3. The number of amides is 1. The lowest BCUT2D eigenvalue weighted by Gasteiger charge is -2.49. The van der Waals surface area contributed by atoms with Crippen LogP contribution < -0.4 is 10.5 Å². The number of carbonyl (C=O) groups is 2. The molecule has 2 fully saturated rings. The van der Waals surface area contributed by atoms with E-state index in [1.165, 1.54) is 0 Å². The second-order valence-electron chi connectivity index (χ2n) is 8.50. The summed E-state index contributed by atoms with van der Waals surface area (Å²) in [4.78, 5) is 25.7. The van der Waals surface area contributed by atoms with Crippen molar-refractivity contribution in [2.75, 3.05) is 0 Å². The minimum Gasteiger partial charge on any atom is -0.426 e. The Hall–Kier alpha value is -1.84. The Morgan fingerprint density at radius 1 is 1.04 bits per heavy atom. The number of esters is 1. The molecule has 4 heteroatoms. The molecule has 2 N–H and O–H groups in total. The molecule has 4 atom stereocenters. The van der Waals surface area contributed by atoms with Crippen molar-refractivity contribution in [3.05, 3.63) is 30.3 Å². The molecule has 0 aliphatic heterocycles. The first-order valence-corrected chi connectivity index (χ1v) is 10.0. The lowest BCUT2D eigenvalue weighted by Crippen LogP contribution is -2.53. The van der Waals surface area contributed by atoms with Gasteiger partial charge in [0.1, 0.15) is 5.75 Å². The third-order valence-corrected chi connectivity index (χ3v) is 6.66. The fraction of sp³-hybridized carbons (Fsp3) is 0.636. The van der Waals surface area contributed by atoms with Crippen LogP contribution in [0.1, 0.15) is 58.8 Å². The van der Waals surface area contributed by atoms with E-state index in [2.05, 4.69) is 13.8 Å². The number of ether oxygens (including phenoxy) is 1. The predicted molar refractivity (Wildman–Crippen MR) is 101 cm³/mol. The van der Waals surface area contributed by atoms with Crippen molar-refractivity contribution in [3.63, 3.8) is 0 Å². The van der Waals surface area contributed by atoms with Crippen LogP contribution in [0.3, 0.4) is 0 Å². The predicted octanol–water partition coefficient (Wildman–Crippen LogP) is 4.33. The highest BCUT2D eigenvalue weighted by molar-refractivity contribution is 5.83. The van der Waals surface area contributed by atoms with Crippen LogP contribution in [-0.2, 0) is 9.59 Å². The van der Waals surface area contributed by atoms with Gasteiger partial charge in [0.2, 0.25) is 5.91 Å². The summed E-state index contributed by atoms with van der Waals surface area (Å²) >= 11 is 0. The van der Waals surface area contributed by atoms with E-state index in [1.807, 2.05) is 18.2 Å². The van der Waals surface area contributed by atoms with Crippen LogP contribution in [0.4, 0.5) is 0 Å². The molecule has 0 radical (unpaired) electrons. The summed E-state index contributed by atoms with van der Waals surface area (Å²) < 4.78 is 5.71. The number of hydrogen-bond donors (Lipinski definition) is 1. The smallest absolute Gasteiger partial charge is 0.314 e. The number of primary amides is 1. The minimum atomic E-state index is -0.554. The van der Waals surface area contributed by atoms with Crippen molar-refractivity contribution < 1.29 is 14.3 Å². The molecule has 1 aromatic rings. The molecule has 0 aromatic heterocycles. The number of para-hydroxylation sites is 1. The number of carbonyl (C=O) groups excluding carboxylic acids is 2. The van der Waals surface area contributed by atoms with Gasteiger partial charge in [-0.05, 0) is 55.6 Å². The van der Waals surface area contributed by atoms with Crippen LogP contribution >= 0.6 is 0 Å². The van der Waals surface area contributed by atoms with Crippen LogP contribution in [0, 0.1) is 29.1 Å². The summed E-state index contributed by atoms with van der Waals surface area (Å²) in [5.41, 5.74) is 5.39. The molecule has 142 valence electrons. The highest BCUT2D eigenvalue weighted by Gasteiger charge is 2.53. The summed E-state index contributed by atoms with van der Waals surface area (Å²) in [5.74, 6) is 0.547. The van der Waals surface area contributed by atoms with E-state index in [0.717, 1.165) is 44.9 Å². The lowest BCUT2D eigenvalue weighted by molar-refractivity contribution is -0.154. The molecule has 0 heterocycles. The summed E-state index contributed by atoms with van der Waals surface area (Å²) in [6.45, 7) is 4.34. The van der Waals surface area contributed by atoms with Gasteiger partial charge >= 0.3 is 5.97 Å². The topological polar surface area (TPSA) is 69.4 Å². The van der Waals surface area contributed by atoms with Crippen LogP contribution in [-0.4, -0.2) is 11.9 Å². The third kappa shape index (κ3) is 3.65. The zero-order valence-electron chi connectivity index (χ0n) is 15.9. The van der Waals surface area contributed by atoms with Crippen molar-refractivity contribution in [2.24, 2.45) is 34.8 Å². The van der Waals surface area contributed by atoms with Crippen LogP contribution in [0.15, 0.2) is 30.3 Å². The van der Waals surface area contributed by atoms with Gasteiger partial charge in [0.15, 0.2) is 0 Å². The SMILES string of the molecule is CC1CC(C)C(C(=O)Oc2ccccc2)C(C2(C(N)=O)CCCCC2)C1. The highest BCUT2D eigenvalue weighted by Crippen LogP contribution is 2.53. The molecule has 2 aliphatic rings. The Morgan fingerprint density at radius 2 is 1.69 bits per heavy atom. The zero-order valence-corrected chi connectivity index (χ0v) is 15.9. The van der Waals surface area contributed by atoms with E-state index in [1.54, 1.807) is 12.1 Å². The van der Waals surface area contributed by atoms with Gasteiger partial charge in [-0.15, -0.1) is 0 Å². The van der Waals surface area contributed by atoms with E-state index in [4.69, 9.17) is 10.5 Å². The first kappa shape index (κ1) is 18.9. The van der Waals surface area contributed by atoms with Crippen LogP contribution in [0.2, 0.25) is 0 Å². The van der Waals surface area contributed by atoms with Crippen LogP contribution in [0.5, 0.6) is 5.75 Å². The molecular weight excluding hydrogens is 326 g/mol. The fourth-order valence-corrected chi connectivity index (χ4v) is 5.48. The molecule has 4 nitrogen and oxygen atoms in total. The van der Waals surface area contributed by atoms with E-state index >= 15 is 0 Å². The molecule has 3 rings (SSSR count). The van der Waals surface area contributed by atoms with Gasteiger partial charge in [-0.2, -0.15) is 0 Å². The molecule has 1 aromatic carbocycles. The van der Waals surface area contributed by atoms with E-state index in [-0.39, 0.29) is 29.6 Å². The monoisotopic (exact) mass is 357 g/mol. The number of benzene rings is 1. The molecule has 2 aliphatic carbocycles. The first-order chi connectivity index (χ1) is 12.4. The Bertz CT molecular complexity index is 636. The zero-order chi connectivity index (χ0) is 18.7. The molecule has 0 saturated heterocycles. The second-order valence-corrected chi connectivity index (χ2v) is 8.50.